The molecule has 3 rings (SSSR count). The standard InChI is InChI=1S/C26H33ClN2O2S/c1-2-24(26(31)28-22-11-7-4-8-12-22)29(19-20-9-5-3-6-10-20)25(30)17-18-32-23-15-13-21(27)14-16-23/h3,5-6,9-10,13-16,22,24H,2,4,7-8,11-12,17-19H2,1H3,(H,28,31). The summed E-state index contributed by atoms with van der Waals surface area (Å²) in [4.78, 5) is 29.3. The predicted octanol–water partition coefficient (Wildman–Crippen LogP) is 6.08. The van der Waals surface area contributed by atoms with Crippen LogP contribution in [0.5, 0.6) is 0 Å². The molecule has 1 N–H and O–H groups in total. The number of rotatable bonds is 10. The number of hydrogen-bond donors (Lipinski definition) is 1. The number of carbonyl (C=O) groups excluding carboxylic acids is 2. The lowest BCUT2D eigenvalue weighted by atomic mass is 9.95. The first-order valence-electron chi connectivity index (χ1n) is 11.6. The zero-order chi connectivity index (χ0) is 22.8. The average Bonchev–Trinajstić information content (AvgIpc) is 2.81. The second-order valence-corrected chi connectivity index (χ2v) is 9.93. The van der Waals surface area contributed by atoms with Gasteiger partial charge in [0.05, 0.1) is 0 Å². The average molecular weight is 473 g/mol. The van der Waals surface area contributed by atoms with Crippen LogP contribution in [-0.4, -0.2) is 34.6 Å². The van der Waals surface area contributed by atoms with E-state index in [1.54, 1.807) is 16.7 Å². The van der Waals surface area contributed by atoms with E-state index in [4.69, 9.17) is 11.6 Å². The van der Waals surface area contributed by atoms with E-state index < -0.39 is 6.04 Å². The molecule has 0 radical (unpaired) electrons. The van der Waals surface area contributed by atoms with Gasteiger partial charge in [-0.1, -0.05) is 68.1 Å². The minimum Gasteiger partial charge on any atom is -0.352 e. The van der Waals surface area contributed by atoms with Crippen LogP contribution in [0.4, 0.5) is 0 Å². The van der Waals surface area contributed by atoms with Gasteiger partial charge in [0.15, 0.2) is 0 Å². The quantitative estimate of drug-likeness (QED) is 0.426. The molecule has 0 spiro atoms. The molecular formula is C26H33ClN2O2S. The van der Waals surface area contributed by atoms with E-state index in [1.807, 2.05) is 61.5 Å². The first-order valence-corrected chi connectivity index (χ1v) is 12.9. The minimum atomic E-state index is -0.454. The van der Waals surface area contributed by atoms with Gasteiger partial charge in [-0.05, 0) is 49.1 Å². The van der Waals surface area contributed by atoms with Gasteiger partial charge in [-0.25, -0.2) is 0 Å². The van der Waals surface area contributed by atoms with Crippen molar-refractivity contribution in [2.75, 3.05) is 5.75 Å². The number of hydrogen-bond acceptors (Lipinski definition) is 3. The van der Waals surface area contributed by atoms with Crippen LogP contribution in [0.3, 0.4) is 0 Å². The highest BCUT2D eigenvalue weighted by Crippen LogP contribution is 2.23. The van der Waals surface area contributed by atoms with Crippen molar-refractivity contribution >= 4 is 35.2 Å². The van der Waals surface area contributed by atoms with Gasteiger partial charge in [-0.15, -0.1) is 11.8 Å². The van der Waals surface area contributed by atoms with E-state index in [-0.39, 0.29) is 17.9 Å². The normalized spacial score (nSPS) is 15.2. The second kappa shape index (κ2) is 12.9. The van der Waals surface area contributed by atoms with Crippen molar-refractivity contribution < 1.29 is 9.59 Å². The van der Waals surface area contributed by atoms with Gasteiger partial charge in [0.25, 0.3) is 0 Å². The molecule has 2 aromatic rings. The van der Waals surface area contributed by atoms with Gasteiger partial charge >= 0.3 is 0 Å². The maximum atomic E-state index is 13.3. The number of nitrogens with one attached hydrogen (secondary N) is 1. The van der Waals surface area contributed by atoms with E-state index in [9.17, 15) is 9.59 Å². The number of carbonyl (C=O) groups is 2. The molecule has 6 heteroatoms. The van der Waals surface area contributed by atoms with Crippen LogP contribution in [0.2, 0.25) is 5.02 Å². The Morgan fingerprint density at radius 3 is 2.41 bits per heavy atom. The molecule has 4 nitrogen and oxygen atoms in total. The summed E-state index contributed by atoms with van der Waals surface area (Å²) in [7, 11) is 0. The van der Waals surface area contributed by atoms with Crippen LogP contribution in [0.1, 0.15) is 57.4 Å². The molecule has 32 heavy (non-hydrogen) atoms. The van der Waals surface area contributed by atoms with Crippen molar-refractivity contribution in [2.24, 2.45) is 0 Å². The van der Waals surface area contributed by atoms with Crippen LogP contribution in [0, 0.1) is 0 Å². The molecule has 0 aromatic heterocycles. The first-order chi connectivity index (χ1) is 15.6. The minimum absolute atomic E-state index is 0.0148. The first kappa shape index (κ1) is 24.7. The summed E-state index contributed by atoms with van der Waals surface area (Å²) >= 11 is 7.59. The zero-order valence-corrected chi connectivity index (χ0v) is 20.3. The number of nitrogens with zero attached hydrogens (tertiary/aromatic N) is 1. The summed E-state index contributed by atoms with van der Waals surface area (Å²) in [6.45, 7) is 2.43. The fourth-order valence-corrected chi connectivity index (χ4v) is 5.14. The number of halogens is 1. The second-order valence-electron chi connectivity index (χ2n) is 8.33. The van der Waals surface area contributed by atoms with Crippen molar-refractivity contribution in [3.8, 4) is 0 Å². The Hall–Kier alpha value is -1.98. The molecule has 1 unspecified atom stereocenters. The highest BCUT2D eigenvalue weighted by molar-refractivity contribution is 7.99. The molecule has 0 aliphatic heterocycles. The van der Waals surface area contributed by atoms with E-state index in [0.717, 1.165) is 36.1 Å². The van der Waals surface area contributed by atoms with E-state index >= 15 is 0 Å². The number of thioether (sulfide) groups is 1. The molecule has 1 aliphatic rings. The number of amides is 2. The van der Waals surface area contributed by atoms with Gasteiger partial charge in [0, 0.05) is 34.7 Å². The van der Waals surface area contributed by atoms with Crippen molar-refractivity contribution in [1.29, 1.82) is 0 Å². The van der Waals surface area contributed by atoms with Gasteiger partial charge < -0.3 is 10.2 Å². The predicted molar refractivity (Wildman–Crippen MR) is 133 cm³/mol. The molecule has 1 aliphatic carbocycles. The molecule has 2 aromatic carbocycles. The zero-order valence-electron chi connectivity index (χ0n) is 18.8. The Labute approximate surface area is 201 Å². The van der Waals surface area contributed by atoms with Crippen LogP contribution >= 0.6 is 23.4 Å². The summed E-state index contributed by atoms with van der Waals surface area (Å²) in [5.41, 5.74) is 1.04. The Balaban J connectivity index is 1.66. The maximum absolute atomic E-state index is 13.3. The molecule has 1 fully saturated rings. The Bertz CT molecular complexity index is 854. The molecule has 1 saturated carbocycles. The SMILES string of the molecule is CCC(C(=O)NC1CCCCC1)N(Cc1ccccc1)C(=O)CCSc1ccc(Cl)cc1. The van der Waals surface area contributed by atoms with Gasteiger partial charge in [0.1, 0.15) is 6.04 Å². The fourth-order valence-electron chi connectivity index (χ4n) is 4.17. The molecular weight excluding hydrogens is 440 g/mol. The van der Waals surface area contributed by atoms with Gasteiger partial charge in [-0.2, -0.15) is 0 Å². The van der Waals surface area contributed by atoms with E-state index in [2.05, 4.69) is 5.32 Å². The van der Waals surface area contributed by atoms with Gasteiger partial charge in [-0.3, -0.25) is 9.59 Å². The van der Waals surface area contributed by atoms with Crippen LogP contribution in [0.25, 0.3) is 0 Å². The van der Waals surface area contributed by atoms with E-state index in [1.165, 1.54) is 6.42 Å². The number of benzene rings is 2. The monoisotopic (exact) mass is 472 g/mol. The summed E-state index contributed by atoms with van der Waals surface area (Å²) in [6, 6.07) is 17.3. The smallest absolute Gasteiger partial charge is 0.243 e. The molecule has 172 valence electrons. The van der Waals surface area contributed by atoms with Crippen molar-refractivity contribution in [2.45, 2.75) is 75.4 Å². The lowest BCUT2D eigenvalue weighted by Gasteiger charge is -2.33. The Morgan fingerprint density at radius 1 is 1.06 bits per heavy atom. The van der Waals surface area contributed by atoms with Crippen LogP contribution in [-0.2, 0) is 16.1 Å². The summed E-state index contributed by atoms with van der Waals surface area (Å²) in [6.07, 6.45) is 6.62. The fraction of sp³-hybridized carbons (Fsp3) is 0.462. The van der Waals surface area contributed by atoms with Crippen LogP contribution in [0.15, 0.2) is 59.5 Å². The topological polar surface area (TPSA) is 49.4 Å². The van der Waals surface area contributed by atoms with Crippen LogP contribution < -0.4 is 5.32 Å². The van der Waals surface area contributed by atoms with Crippen molar-refractivity contribution in [1.82, 2.24) is 10.2 Å². The largest absolute Gasteiger partial charge is 0.352 e. The molecule has 0 saturated heterocycles. The molecule has 0 bridgehead atoms. The molecule has 0 heterocycles. The Morgan fingerprint density at radius 2 is 1.75 bits per heavy atom. The highest BCUT2D eigenvalue weighted by atomic mass is 35.5. The van der Waals surface area contributed by atoms with Crippen molar-refractivity contribution in [3.63, 3.8) is 0 Å². The van der Waals surface area contributed by atoms with Gasteiger partial charge in [0.2, 0.25) is 11.8 Å². The summed E-state index contributed by atoms with van der Waals surface area (Å²) < 4.78 is 0. The Kier molecular flexibility index (Phi) is 9.94. The highest BCUT2D eigenvalue weighted by Gasteiger charge is 2.30. The summed E-state index contributed by atoms with van der Waals surface area (Å²) in [5, 5.41) is 3.93. The molecule has 2 amide bonds. The maximum Gasteiger partial charge on any atom is 0.243 e. The third-order valence-corrected chi connectivity index (χ3v) is 7.20. The third-order valence-electron chi connectivity index (χ3n) is 5.93. The lowest BCUT2D eigenvalue weighted by molar-refractivity contribution is -0.141. The van der Waals surface area contributed by atoms with Crippen molar-refractivity contribution in [3.05, 3.63) is 65.2 Å². The lowest BCUT2D eigenvalue weighted by Crippen LogP contribution is -2.51. The summed E-state index contributed by atoms with van der Waals surface area (Å²) in [5.74, 6) is 0.655. The molecule has 1 atom stereocenters. The van der Waals surface area contributed by atoms with E-state index in [0.29, 0.717) is 30.2 Å². The third kappa shape index (κ3) is 7.56.